The van der Waals surface area contributed by atoms with Crippen molar-refractivity contribution in [1.82, 2.24) is 10.3 Å². The van der Waals surface area contributed by atoms with E-state index in [0.717, 1.165) is 24.6 Å². The zero-order valence-corrected chi connectivity index (χ0v) is 12.1. The number of anilines is 1. The van der Waals surface area contributed by atoms with Crippen LogP contribution in [0.15, 0.2) is 35.0 Å². The third-order valence-corrected chi connectivity index (χ3v) is 3.64. The minimum absolute atomic E-state index is 0.709. The second kappa shape index (κ2) is 5.67. The Morgan fingerprint density at radius 3 is 2.90 bits per heavy atom. The highest BCUT2D eigenvalue weighted by Gasteiger charge is 2.20. The van der Waals surface area contributed by atoms with Crippen LogP contribution in [0.4, 0.5) is 5.69 Å². The van der Waals surface area contributed by atoms with Crippen molar-refractivity contribution < 1.29 is 4.42 Å². The molecule has 106 valence electrons. The van der Waals surface area contributed by atoms with Gasteiger partial charge in [0.05, 0.1) is 6.54 Å². The molecule has 1 aliphatic rings. The second-order valence-corrected chi connectivity index (χ2v) is 5.53. The number of nitrogens with zero attached hydrogens (tertiary/aromatic N) is 2. The number of nitrogens with one attached hydrogen (secondary N) is 1. The van der Waals surface area contributed by atoms with E-state index in [1.54, 1.807) is 0 Å². The molecule has 0 spiro atoms. The zero-order chi connectivity index (χ0) is 13.9. The molecule has 2 aromatic rings. The smallest absolute Gasteiger partial charge is 0.123 e. The first-order valence-electron chi connectivity index (χ1n) is 7.15. The average Bonchev–Trinajstić information content (AvgIpc) is 3.19. The van der Waals surface area contributed by atoms with Crippen molar-refractivity contribution in [3.63, 3.8) is 0 Å². The SMILES string of the molecule is Cc1ccc(CN(C)c2ccncc2CNC2CC2)o1. The topological polar surface area (TPSA) is 41.3 Å². The Labute approximate surface area is 119 Å². The van der Waals surface area contributed by atoms with Gasteiger partial charge in [0.1, 0.15) is 11.5 Å². The van der Waals surface area contributed by atoms with Crippen molar-refractivity contribution in [3.05, 3.63) is 47.7 Å². The summed E-state index contributed by atoms with van der Waals surface area (Å²) in [7, 11) is 2.09. The van der Waals surface area contributed by atoms with Crippen LogP contribution >= 0.6 is 0 Å². The van der Waals surface area contributed by atoms with Crippen molar-refractivity contribution >= 4 is 5.69 Å². The van der Waals surface area contributed by atoms with Gasteiger partial charge in [0, 0.05) is 43.3 Å². The Hall–Kier alpha value is -1.81. The number of hydrogen-bond acceptors (Lipinski definition) is 4. The second-order valence-electron chi connectivity index (χ2n) is 5.53. The summed E-state index contributed by atoms with van der Waals surface area (Å²) in [5.74, 6) is 1.95. The summed E-state index contributed by atoms with van der Waals surface area (Å²) in [6.07, 6.45) is 6.41. The van der Waals surface area contributed by atoms with Gasteiger partial charge >= 0.3 is 0 Å². The van der Waals surface area contributed by atoms with Crippen LogP contribution in [0.2, 0.25) is 0 Å². The minimum Gasteiger partial charge on any atom is -0.464 e. The van der Waals surface area contributed by atoms with Crippen LogP contribution in [0.25, 0.3) is 0 Å². The summed E-state index contributed by atoms with van der Waals surface area (Å²) in [5, 5.41) is 3.55. The van der Waals surface area contributed by atoms with E-state index in [-0.39, 0.29) is 0 Å². The first-order chi connectivity index (χ1) is 9.72. The van der Waals surface area contributed by atoms with Crippen LogP contribution in [-0.2, 0) is 13.1 Å². The molecule has 0 radical (unpaired) electrons. The molecule has 20 heavy (non-hydrogen) atoms. The summed E-state index contributed by atoms with van der Waals surface area (Å²) >= 11 is 0. The Morgan fingerprint density at radius 1 is 1.35 bits per heavy atom. The van der Waals surface area contributed by atoms with Gasteiger partial charge in [-0.15, -0.1) is 0 Å². The van der Waals surface area contributed by atoms with Crippen LogP contribution in [0.3, 0.4) is 0 Å². The van der Waals surface area contributed by atoms with Crippen molar-refractivity contribution in [2.45, 2.75) is 38.9 Å². The van der Waals surface area contributed by atoms with Gasteiger partial charge < -0.3 is 14.6 Å². The lowest BCUT2D eigenvalue weighted by Gasteiger charge is -2.21. The van der Waals surface area contributed by atoms with E-state index < -0.39 is 0 Å². The Morgan fingerprint density at radius 2 is 2.20 bits per heavy atom. The van der Waals surface area contributed by atoms with Crippen LogP contribution in [0.5, 0.6) is 0 Å². The molecule has 0 atom stereocenters. The number of aryl methyl sites for hydroxylation is 1. The molecule has 1 N–H and O–H groups in total. The third-order valence-electron chi connectivity index (χ3n) is 3.64. The first-order valence-corrected chi connectivity index (χ1v) is 7.15. The Balaban J connectivity index is 1.70. The molecule has 3 rings (SSSR count). The molecule has 0 aromatic carbocycles. The van der Waals surface area contributed by atoms with E-state index in [4.69, 9.17) is 4.42 Å². The van der Waals surface area contributed by atoms with Gasteiger partial charge in [0.15, 0.2) is 0 Å². The molecular formula is C16H21N3O. The predicted octanol–water partition coefficient (Wildman–Crippen LogP) is 2.87. The number of furan rings is 1. The van der Waals surface area contributed by atoms with Gasteiger partial charge in [0.25, 0.3) is 0 Å². The highest BCUT2D eigenvalue weighted by Crippen LogP contribution is 2.23. The fraction of sp³-hybridized carbons (Fsp3) is 0.438. The van der Waals surface area contributed by atoms with E-state index >= 15 is 0 Å². The van der Waals surface area contributed by atoms with Crippen LogP contribution in [-0.4, -0.2) is 18.1 Å². The van der Waals surface area contributed by atoms with Gasteiger partial charge in [0.2, 0.25) is 0 Å². The summed E-state index contributed by atoms with van der Waals surface area (Å²) in [6, 6.07) is 6.82. The largest absolute Gasteiger partial charge is 0.464 e. The molecule has 0 bridgehead atoms. The first kappa shape index (κ1) is 13.2. The fourth-order valence-corrected chi connectivity index (χ4v) is 2.36. The quantitative estimate of drug-likeness (QED) is 0.877. The maximum Gasteiger partial charge on any atom is 0.123 e. The maximum absolute atomic E-state index is 5.65. The van der Waals surface area contributed by atoms with Crippen molar-refractivity contribution in [2.24, 2.45) is 0 Å². The van der Waals surface area contributed by atoms with Gasteiger partial charge in [-0.1, -0.05) is 0 Å². The van der Waals surface area contributed by atoms with E-state index in [9.17, 15) is 0 Å². The molecular weight excluding hydrogens is 250 g/mol. The third kappa shape index (κ3) is 3.20. The molecule has 1 fully saturated rings. The van der Waals surface area contributed by atoms with Crippen LogP contribution in [0, 0.1) is 6.92 Å². The van der Waals surface area contributed by atoms with Crippen LogP contribution in [0.1, 0.15) is 29.9 Å². The van der Waals surface area contributed by atoms with Gasteiger partial charge in [-0.3, -0.25) is 4.98 Å². The highest BCUT2D eigenvalue weighted by atomic mass is 16.3. The van der Waals surface area contributed by atoms with Gasteiger partial charge in [-0.05, 0) is 38.0 Å². The molecule has 4 heteroatoms. The van der Waals surface area contributed by atoms with Gasteiger partial charge in [-0.2, -0.15) is 0 Å². The molecule has 1 aliphatic carbocycles. The van der Waals surface area contributed by atoms with E-state index in [0.29, 0.717) is 6.04 Å². The standard InChI is InChI=1S/C16H21N3O/c1-12-3-6-15(20-12)11-19(2)16-7-8-17-9-13(16)10-18-14-4-5-14/h3,6-9,14,18H,4-5,10-11H2,1-2H3. The fourth-order valence-electron chi connectivity index (χ4n) is 2.36. The van der Waals surface area contributed by atoms with E-state index in [2.05, 4.69) is 28.3 Å². The highest BCUT2D eigenvalue weighted by molar-refractivity contribution is 5.51. The number of rotatable bonds is 6. The monoisotopic (exact) mass is 271 g/mol. The molecule has 0 unspecified atom stereocenters. The van der Waals surface area contributed by atoms with Crippen molar-refractivity contribution in [1.29, 1.82) is 0 Å². The molecule has 1 saturated carbocycles. The normalized spacial score (nSPS) is 14.5. The molecule has 2 aromatic heterocycles. The Kier molecular flexibility index (Phi) is 3.74. The van der Waals surface area contributed by atoms with Crippen LogP contribution < -0.4 is 10.2 Å². The van der Waals surface area contributed by atoms with Gasteiger partial charge in [-0.25, -0.2) is 0 Å². The summed E-state index contributed by atoms with van der Waals surface area (Å²) in [6.45, 7) is 3.63. The summed E-state index contributed by atoms with van der Waals surface area (Å²) in [5.41, 5.74) is 2.45. The lowest BCUT2D eigenvalue weighted by molar-refractivity contribution is 0.481. The lowest BCUT2D eigenvalue weighted by Crippen LogP contribution is -2.21. The number of pyridine rings is 1. The molecule has 0 saturated heterocycles. The summed E-state index contributed by atoms with van der Waals surface area (Å²) < 4.78 is 5.65. The number of aromatic nitrogens is 1. The van der Waals surface area contributed by atoms with E-state index in [1.807, 2.05) is 31.5 Å². The molecule has 0 amide bonds. The molecule has 2 heterocycles. The minimum atomic E-state index is 0.709. The van der Waals surface area contributed by atoms with Crippen molar-refractivity contribution in [3.8, 4) is 0 Å². The Bertz CT molecular complexity index is 575. The lowest BCUT2D eigenvalue weighted by atomic mass is 10.2. The molecule has 0 aliphatic heterocycles. The van der Waals surface area contributed by atoms with E-state index in [1.165, 1.54) is 24.1 Å². The molecule has 4 nitrogen and oxygen atoms in total. The number of hydrogen-bond donors (Lipinski definition) is 1. The zero-order valence-electron chi connectivity index (χ0n) is 12.1. The van der Waals surface area contributed by atoms with Crippen molar-refractivity contribution in [2.75, 3.05) is 11.9 Å². The average molecular weight is 271 g/mol. The summed E-state index contributed by atoms with van der Waals surface area (Å²) in [4.78, 5) is 6.46. The maximum atomic E-state index is 5.65. The predicted molar refractivity (Wildman–Crippen MR) is 79.7 cm³/mol.